The fraction of sp³-hybridized carbons (Fsp3) is 0.818. The summed E-state index contributed by atoms with van der Waals surface area (Å²) < 4.78 is 16.6. The van der Waals surface area contributed by atoms with Crippen molar-refractivity contribution in [3.8, 4) is 0 Å². The second-order valence-electron chi connectivity index (χ2n) is 4.42. The van der Waals surface area contributed by atoms with Gasteiger partial charge in [-0.15, -0.1) is 0 Å². The quantitative estimate of drug-likeness (QED) is 0.509. The zero-order chi connectivity index (χ0) is 11.1. The Hall–Kier alpha value is -0.315. The van der Waals surface area contributed by atoms with Crippen molar-refractivity contribution in [1.29, 1.82) is 0 Å². The lowest BCUT2D eigenvalue weighted by atomic mass is 9.71. The Kier molecular flexibility index (Phi) is 2.93. The van der Waals surface area contributed by atoms with Gasteiger partial charge in [0.15, 0.2) is 0 Å². The third-order valence-corrected chi connectivity index (χ3v) is 3.55. The normalized spacial score (nSPS) is 44.7. The van der Waals surface area contributed by atoms with Crippen molar-refractivity contribution in [3.05, 3.63) is 12.2 Å². The van der Waals surface area contributed by atoms with Gasteiger partial charge in [0.1, 0.15) is 13.4 Å². The van der Waals surface area contributed by atoms with Crippen LogP contribution in [0.2, 0.25) is 0 Å². The monoisotopic (exact) mass is 208 g/mol. The molecule has 1 aliphatic heterocycles. The van der Waals surface area contributed by atoms with Crippen LogP contribution in [0.4, 0.5) is 0 Å². The van der Waals surface area contributed by atoms with E-state index >= 15 is 0 Å². The molecule has 1 heterocycles. The zero-order valence-corrected chi connectivity index (χ0v) is 9.36. The molecule has 15 heavy (non-hydrogen) atoms. The van der Waals surface area contributed by atoms with E-state index in [1.54, 1.807) is 14.2 Å². The third kappa shape index (κ3) is 1.55. The second-order valence-corrected chi connectivity index (χ2v) is 4.42. The molecule has 3 nitrogen and oxygen atoms in total. The van der Waals surface area contributed by atoms with Crippen molar-refractivity contribution in [2.45, 2.75) is 30.5 Å². The van der Waals surface area contributed by atoms with E-state index in [-0.39, 0.29) is 23.6 Å². The summed E-state index contributed by atoms with van der Waals surface area (Å²) in [5.41, 5.74) is 0.771. The summed E-state index contributed by atoms with van der Waals surface area (Å²) in [6.07, 6.45) is 1.80. The highest BCUT2D eigenvalue weighted by molar-refractivity contribution is 6.11. The molecular formula is C11H17BO3. The lowest BCUT2D eigenvalue weighted by Gasteiger charge is -2.38. The van der Waals surface area contributed by atoms with Crippen molar-refractivity contribution in [1.82, 2.24) is 0 Å². The van der Waals surface area contributed by atoms with Gasteiger partial charge in [-0.2, -0.15) is 0 Å². The number of hydrogen-bond acceptors (Lipinski definition) is 3. The van der Waals surface area contributed by atoms with Crippen molar-refractivity contribution < 1.29 is 14.2 Å². The molecule has 4 atom stereocenters. The van der Waals surface area contributed by atoms with Gasteiger partial charge in [-0.3, -0.25) is 0 Å². The SMILES string of the molecule is [B][C@@H]1O[C@@]2(COC)CCC(=C)[C@H]1C2OC. The van der Waals surface area contributed by atoms with Crippen LogP contribution in [0.5, 0.6) is 0 Å². The molecule has 0 aromatic heterocycles. The maximum absolute atomic E-state index is 5.97. The highest BCUT2D eigenvalue weighted by atomic mass is 16.6. The summed E-state index contributed by atoms with van der Waals surface area (Å²) in [5.74, 6) is 0.110. The van der Waals surface area contributed by atoms with E-state index in [2.05, 4.69) is 6.58 Å². The molecule has 2 bridgehead atoms. The van der Waals surface area contributed by atoms with Crippen molar-refractivity contribution in [3.63, 3.8) is 0 Å². The van der Waals surface area contributed by atoms with Crippen LogP contribution in [-0.4, -0.2) is 46.4 Å². The maximum atomic E-state index is 5.97. The average Bonchev–Trinajstić information content (AvgIpc) is 2.41. The van der Waals surface area contributed by atoms with Gasteiger partial charge in [-0.05, 0) is 12.8 Å². The van der Waals surface area contributed by atoms with Gasteiger partial charge in [0.2, 0.25) is 0 Å². The highest BCUT2D eigenvalue weighted by Crippen LogP contribution is 2.48. The predicted molar refractivity (Wildman–Crippen MR) is 57.9 cm³/mol. The zero-order valence-electron chi connectivity index (χ0n) is 9.36. The largest absolute Gasteiger partial charge is 0.382 e. The molecule has 2 rings (SSSR count). The van der Waals surface area contributed by atoms with Gasteiger partial charge in [0.05, 0.1) is 12.7 Å². The van der Waals surface area contributed by atoms with Gasteiger partial charge >= 0.3 is 0 Å². The van der Waals surface area contributed by atoms with Gasteiger partial charge < -0.3 is 14.2 Å². The average molecular weight is 208 g/mol. The Morgan fingerprint density at radius 3 is 2.93 bits per heavy atom. The van der Waals surface area contributed by atoms with E-state index in [0.717, 1.165) is 18.4 Å². The number of ether oxygens (including phenoxy) is 3. The van der Waals surface area contributed by atoms with Crippen LogP contribution < -0.4 is 0 Å². The Labute approximate surface area is 92.2 Å². The molecular weight excluding hydrogens is 191 g/mol. The number of hydrogen-bond donors (Lipinski definition) is 0. The van der Waals surface area contributed by atoms with E-state index in [0.29, 0.717) is 6.61 Å². The minimum Gasteiger partial charge on any atom is -0.382 e. The Morgan fingerprint density at radius 1 is 1.60 bits per heavy atom. The molecule has 1 aliphatic carbocycles. The van der Waals surface area contributed by atoms with Crippen molar-refractivity contribution >= 4 is 7.85 Å². The molecule has 0 spiro atoms. The van der Waals surface area contributed by atoms with Gasteiger partial charge in [-0.25, -0.2) is 0 Å². The predicted octanol–water partition coefficient (Wildman–Crippen LogP) is 0.878. The van der Waals surface area contributed by atoms with Crippen molar-refractivity contribution in [2.24, 2.45) is 5.92 Å². The summed E-state index contributed by atoms with van der Waals surface area (Å²) in [5, 5.41) is 0. The molecule has 4 heteroatoms. The lowest BCUT2D eigenvalue weighted by Crippen LogP contribution is -2.49. The van der Waals surface area contributed by atoms with E-state index in [1.807, 2.05) is 0 Å². The second kappa shape index (κ2) is 3.93. The Bertz CT molecular complexity index is 269. The summed E-state index contributed by atoms with van der Waals surface area (Å²) in [4.78, 5) is 0. The van der Waals surface area contributed by atoms with Gasteiger partial charge in [0.25, 0.3) is 0 Å². The fourth-order valence-electron chi connectivity index (χ4n) is 2.89. The molecule has 2 fully saturated rings. The van der Waals surface area contributed by atoms with Crippen LogP contribution in [0.15, 0.2) is 12.2 Å². The van der Waals surface area contributed by atoms with Gasteiger partial charge in [0, 0.05) is 26.1 Å². The molecule has 1 saturated carbocycles. The first-order valence-corrected chi connectivity index (χ1v) is 5.27. The molecule has 0 aromatic rings. The first-order valence-electron chi connectivity index (χ1n) is 5.27. The Balaban J connectivity index is 2.28. The molecule has 0 aromatic carbocycles. The summed E-state index contributed by atoms with van der Waals surface area (Å²) in [7, 11) is 9.34. The third-order valence-electron chi connectivity index (χ3n) is 3.55. The van der Waals surface area contributed by atoms with Crippen LogP contribution in [0.3, 0.4) is 0 Å². The van der Waals surface area contributed by atoms with E-state index in [1.165, 1.54) is 0 Å². The molecule has 2 radical (unpaired) electrons. The van der Waals surface area contributed by atoms with Crippen LogP contribution in [-0.2, 0) is 14.2 Å². The van der Waals surface area contributed by atoms with Crippen LogP contribution >= 0.6 is 0 Å². The minimum absolute atomic E-state index is 0.0197. The number of methoxy groups -OCH3 is 2. The van der Waals surface area contributed by atoms with E-state index in [4.69, 9.17) is 22.1 Å². The first-order chi connectivity index (χ1) is 7.14. The summed E-state index contributed by atoms with van der Waals surface area (Å²) in [6.45, 7) is 4.58. The molecule has 2 aliphatic rings. The van der Waals surface area contributed by atoms with E-state index < -0.39 is 0 Å². The highest BCUT2D eigenvalue weighted by Gasteiger charge is 2.56. The fourth-order valence-corrected chi connectivity index (χ4v) is 2.89. The van der Waals surface area contributed by atoms with Gasteiger partial charge in [-0.1, -0.05) is 12.2 Å². The minimum atomic E-state index is -0.366. The number of rotatable bonds is 3. The first kappa shape index (κ1) is 11.2. The molecule has 0 amide bonds. The van der Waals surface area contributed by atoms with Crippen molar-refractivity contribution in [2.75, 3.05) is 20.8 Å². The van der Waals surface area contributed by atoms with E-state index in [9.17, 15) is 0 Å². The standard InChI is InChI=1S/C11H17BO3/c1-7-4-5-11(6-13-2)9(14-3)8(7)10(12)15-11/h8-10H,1,4-6H2,2-3H3/t8-,9?,10+,11+/m0/s1. The smallest absolute Gasteiger partial charge is 0.118 e. The topological polar surface area (TPSA) is 27.7 Å². The van der Waals surface area contributed by atoms with Crippen LogP contribution in [0.25, 0.3) is 0 Å². The summed E-state index contributed by atoms with van der Waals surface area (Å²) >= 11 is 0. The molecule has 1 saturated heterocycles. The maximum Gasteiger partial charge on any atom is 0.118 e. The summed E-state index contributed by atoms with van der Waals surface area (Å²) in [6, 6.07) is -0.305. The molecule has 1 unspecified atom stereocenters. The molecule has 0 N–H and O–H groups in total. The lowest BCUT2D eigenvalue weighted by molar-refractivity contribution is -0.124. The number of fused-ring (bicyclic) bond motifs is 2. The van der Waals surface area contributed by atoms with Crippen LogP contribution in [0.1, 0.15) is 12.8 Å². The molecule has 82 valence electrons. The van der Waals surface area contributed by atoms with Crippen LogP contribution in [0, 0.1) is 5.92 Å². The Morgan fingerprint density at radius 2 is 2.33 bits per heavy atom.